The monoisotopic (exact) mass is 260 g/mol. The second-order valence-electron chi connectivity index (χ2n) is 3.93. The maximum Gasteiger partial charge on any atom is 0.227 e. The number of rotatable bonds is 3. The van der Waals surface area contributed by atoms with E-state index in [0.29, 0.717) is 13.0 Å². The van der Waals surface area contributed by atoms with Crippen molar-refractivity contribution < 1.29 is 4.79 Å². The quantitative estimate of drug-likeness (QED) is 0.899. The minimum Gasteiger partial charge on any atom is -0.338 e. The van der Waals surface area contributed by atoms with Crippen LogP contribution in [0.25, 0.3) is 0 Å². The lowest BCUT2D eigenvalue weighted by Crippen LogP contribution is -2.40. The number of carbonyl (C=O) groups is 1. The Morgan fingerprint density at radius 3 is 3.06 bits per heavy atom. The van der Waals surface area contributed by atoms with Crippen molar-refractivity contribution in [1.82, 2.24) is 4.90 Å². The molecule has 2 N–H and O–H groups in total. The van der Waals surface area contributed by atoms with Gasteiger partial charge in [0.25, 0.3) is 0 Å². The zero-order valence-electron chi connectivity index (χ0n) is 9.09. The molecule has 1 aromatic heterocycles. The van der Waals surface area contributed by atoms with Crippen LogP contribution in [-0.4, -0.2) is 29.9 Å². The Balaban J connectivity index is 0.00000128. The van der Waals surface area contributed by atoms with E-state index in [1.54, 1.807) is 11.3 Å². The molecule has 16 heavy (non-hydrogen) atoms. The molecule has 5 heteroatoms. The molecule has 1 aliphatic heterocycles. The van der Waals surface area contributed by atoms with Gasteiger partial charge in [-0.05, 0) is 35.2 Å². The summed E-state index contributed by atoms with van der Waals surface area (Å²) in [6.45, 7) is 1.47. The highest BCUT2D eigenvalue weighted by Crippen LogP contribution is 2.18. The van der Waals surface area contributed by atoms with Gasteiger partial charge in [-0.3, -0.25) is 4.79 Å². The molecule has 90 valence electrons. The number of hydrogen-bond acceptors (Lipinski definition) is 3. The predicted octanol–water partition coefficient (Wildman–Crippen LogP) is 1.66. The van der Waals surface area contributed by atoms with Crippen LogP contribution in [0.1, 0.15) is 18.4 Å². The molecule has 3 nitrogen and oxygen atoms in total. The maximum absolute atomic E-state index is 12.0. The van der Waals surface area contributed by atoms with Crippen LogP contribution in [0, 0.1) is 0 Å². The summed E-state index contributed by atoms with van der Waals surface area (Å²) in [5, 5.41) is 4.04. The highest BCUT2D eigenvalue weighted by atomic mass is 35.5. The van der Waals surface area contributed by atoms with E-state index in [4.69, 9.17) is 5.73 Å². The first kappa shape index (κ1) is 13.5. The van der Waals surface area contributed by atoms with E-state index in [-0.39, 0.29) is 24.4 Å². The van der Waals surface area contributed by atoms with Gasteiger partial charge >= 0.3 is 0 Å². The van der Waals surface area contributed by atoms with Gasteiger partial charge in [-0.1, -0.05) is 0 Å². The molecule has 0 spiro atoms. The Morgan fingerprint density at radius 1 is 1.62 bits per heavy atom. The highest BCUT2D eigenvalue weighted by molar-refractivity contribution is 7.07. The van der Waals surface area contributed by atoms with Crippen LogP contribution < -0.4 is 5.73 Å². The van der Waals surface area contributed by atoms with Crippen LogP contribution >= 0.6 is 23.7 Å². The fourth-order valence-electron chi connectivity index (χ4n) is 2.08. The Morgan fingerprint density at radius 2 is 2.44 bits per heavy atom. The van der Waals surface area contributed by atoms with Gasteiger partial charge in [0.2, 0.25) is 5.91 Å². The van der Waals surface area contributed by atoms with Gasteiger partial charge in [-0.15, -0.1) is 12.4 Å². The average molecular weight is 261 g/mol. The molecule has 2 rings (SSSR count). The normalized spacial score (nSPS) is 19.6. The zero-order chi connectivity index (χ0) is 10.7. The van der Waals surface area contributed by atoms with E-state index in [1.807, 2.05) is 21.7 Å². The lowest BCUT2D eigenvalue weighted by atomic mass is 10.2. The fourth-order valence-corrected chi connectivity index (χ4v) is 2.75. The van der Waals surface area contributed by atoms with E-state index in [0.717, 1.165) is 24.9 Å². The van der Waals surface area contributed by atoms with Crippen molar-refractivity contribution in [2.24, 2.45) is 5.73 Å². The summed E-state index contributed by atoms with van der Waals surface area (Å²) in [5.74, 6) is 0.223. The lowest BCUT2D eigenvalue weighted by Gasteiger charge is -2.23. The minimum absolute atomic E-state index is 0. The van der Waals surface area contributed by atoms with Crippen molar-refractivity contribution in [3.63, 3.8) is 0 Å². The smallest absolute Gasteiger partial charge is 0.227 e. The number of carbonyl (C=O) groups excluding carboxylic acids is 1. The molecule has 1 saturated heterocycles. The molecular formula is C11H17ClN2OS. The molecule has 0 bridgehead atoms. The summed E-state index contributed by atoms with van der Waals surface area (Å²) in [6, 6.07) is 2.28. The Hall–Kier alpha value is -0.580. The van der Waals surface area contributed by atoms with Crippen LogP contribution in [0.5, 0.6) is 0 Å². The second kappa shape index (κ2) is 6.23. The van der Waals surface area contributed by atoms with Gasteiger partial charge in [0, 0.05) is 19.1 Å². The van der Waals surface area contributed by atoms with Gasteiger partial charge in [-0.2, -0.15) is 11.3 Å². The van der Waals surface area contributed by atoms with Crippen molar-refractivity contribution in [1.29, 1.82) is 0 Å². The molecule has 1 fully saturated rings. The van der Waals surface area contributed by atoms with Gasteiger partial charge in [0.1, 0.15) is 0 Å². The molecule has 1 atom stereocenters. The van der Waals surface area contributed by atoms with Gasteiger partial charge in [0.15, 0.2) is 0 Å². The van der Waals surface area contributed by atoms with Crippen LogP contribution in [0.2, 0.25) is 0 Å². The third kappa shape index (κ3) is 2.97. The SMILES string of the molecule is Cl.NCC1CCCN1C(=O)Cc1ccsc1. The van der Waals surface area contributed by atoms with Crippen molar-refractivity contribution in [3.8, 4) is 0 Å². The topological polar surface area (TPSA) is 46.3 Å². The number of hydrogen-bond donors (Lipinski definition) is 1. The number of thiophene rings is 1. The Bertz CT molecular complexity index is 329. The number of nitrogens with zero attached hydrogens (tertiary/aromatic N) is 1. The van der Waals surface area contributed by atoms with Crippen LogP contribution in [0.4, 0.5) is 0 Å². The van der Waals surface area contributed by atoms with Crippen molar-refractivity contribution in [3.05, 3.63) is 22.4 Å². The molecule has 1 amide bonds. The molecule has 0 radical (unpaired) electrons. The summed E-state index contributed by atoms with van der Waals surface area (Å²) in [6.07, 6.45) is 2.68. The second-order valence-corrected chi connectivity index (χ2v) is 4.71. The van der Waals surface area contributed by atoms with E-state index >= 15 is 0 Å². The molecule has 1 aliphatic rings. The molecule has 0 saturated carbocycles. The molecule has 1 unspecified atom stereocenters. The average Bonchev–Trinajstić information content (AvgIpc) is 2.86. The number of halogens is 1. The van der Waals surface area contributed by atoms with E-state index < -0.39 is 0 Å². The number of amides is 1. The van der Waals surface area contributed by atoms with E-state index in [1.165, 1.54) is 0 Å². The largest absolute Gasteiger partial charge is 0.338 e. The van der Waals surface area contributed by atoms with Crippen LogP contribution in [-0.2, 0) is 11.2 Å². The molecule has 1 aromatic rings. The van der Waals surface area contributed by atoms with Crippen molar-refractivity contribution >= 4 is 29.7 Å². The maximum atomic E-state index is 12.0. The zero-order valence-corrected chi connectivity index (χ0v) is 10.7. The first-order chi connectivity index (χ1) is 7.31. The summed E-state index contributed by atoms with van der Waals surface area (Å²) in [4.78, 5) is 13.9. The Labute approximate surface area is 106 Å². The highest BCUT2D eigenvalue weighted by Gasteiger charge is 2.27. The Kier molecular flexibility index (Phi) is 5.25. The number of likely N-dealkylation sites (tertiary alicyclic amines) is 1. The summed E-state index contributed by atoms with van der Waals surface area (Å²) in [5.41, 5.74) is 6.76. The molecular weight excluding hydrogens is 244 g/mol. The third-order valence-electron chi connectivity index (χ3n) is 2.91. The standard InChI is InChI=1S/C11H16N2OS.ClH/c12-7-10-2-1-4-13(10)11(14)6-9-3-5-15-8-9;/h3,5,8,10H,1-2,4,6-7,12H2;1H. The first-order valence-electron chi connectivity index (χ1n) is 5.32. The van der Waals surface area contributed by atoms with E-state index in [2.05, 4.69) is 0 Å². The van der Waals surface area contributed by atoms with Gasteiger partial charge < -0.3 is 10.6 Å². The summed E-state index contributed by atoms with van der Waals surface area (Å²) in [7, 11) is 0. The lowest BCUT2D eigenvalue weighted by molar-refractivity contribution is -0.131. The van der Waals surface area contributed by atoms with Gasteiger partial charge in [-0.25, -0.2) is 0 Å². The summed E-state index contributed by atoms with van der Waals surface area (Å²) >= 11 is 1.64. The third-order valence-corrected chi connectivity index (χ3v) is 3.64. The van der Waals surface area contributed by atoms with Gasteiger partial charge in [0.05, 0.1) is 6.42 Å². The molecule has 0 aliphatic carbocycles. The summed E-state index contributed by atoms with van der Waals surface area (Å²) < 4.78 is 0. The molecule has 2 heterocycles. The molecule has 0 aromatic carbocycles. The van der Waals surface area contributed by atoms with E-state index in [9.17, 15) is 4.79 Å². The minimum atomic E-state index is 0. The predicted molar refractivity (Wildman–Crippen MR) is 69.1 cm³/mol. The van der Waals surface area contributed by atoms with Crippen LogP contribution in [0.15, 0.2) is 16.8 Å². The fraction of sp³-hybridized carbons (Fsp3) is 0.545. The number of nitrogens with two attached hydrogens (primary N) is 1. The van der Waals surface area contributed by atoms with Crippen LogP contribution in [0.3, 0.4) is 0 Å². The van der Waals surface area contributed by atoms with Crippen molar-refractivity contribution in [2.45, 2.75) is 25.3 Å². The first-order valence-corrected chi connectivity index (χ1v) is 6.26. The van der Waals surface area contributed by atoms with Crippen molar-refractivity contribution in [2.75, 3.05) is 13.1 Å².